The summed E-state index contributed by atoms with van der Waals surface area (Å²) in [5.74, 6) is 19.7. The minimum atomic E-state index is 0.611. The summed E-state index contributed by atoms with van der Waals surface area (Å²) in [7, 11) is 0. The fourth-order valence-corrected chi connectivity index (χ4v) is 6.76. The lowest BCUT2D eigenvalue weighted by Crippen LogP contribution is -1.84. The monoisotopic (exact) mass is 1100 g/mol. The van der Waals surface area contributed by atoms with E-state index in [2.05, 4.69) is 59.9 Å². The fourth-order valence-electron chi connectivity index (χ4n) is 6.76. The van der Waals surface area contributed by atoms with Crippen molar-refractivity contribution in [1.29, 1.82) is 26.3 Å². The largest absolute Gasteiger partial charge is 0.457 e. The topological polar surface area (TPSA) is 165 Å². The molecule has 0 radical (unpaired) electrons. The Hall–Kier alpha value is -13.6. The Kier molecular flexibility index (Phi) is 23.6. The van der Waals surface area contributed by atoms with E-state index in [0.717, 1.165) is 27.8 Å². The van der Waals surface area contributed by atoms with Crippen LogP contribution in [-0.2, 0) is 0 Å². The second-order valence-corrected chi connectivity index (χ2v) is 17.0. The molecule has 10 aromatic rings. The molecule has 0 unspecified atom stereocenters. The molecule has 0 N–H and O–H groups in total. The Morgan fingerprint density at radius 2 is 0.259 bits per heavy atom. The SMILES string of the molecule is C#Cc1ccc(Oc2ccc(C#N)cc2)cc1.C#Cc1ccc(Oc2ccc(C#N)cc2)cc1.C#Cc1ccc(Oc2ccc(C#N)cc2)cc1.C#Cc1ccc(Oc2ccc(C#N)cc2)cc1.C#Cc1ccc(Oc2ccc(C#N)cc2)cc1. The summed E-state index contributed by atoms with van der Waals surface area (Å²) in [6, 6.07) is 81.3. The van der Waals surface area contributed by atoms with Gasteiger partial charge in [0.1, 0.15) is 57.5 Å². The van der Waals surface area contributed by atoms with Crippen molar-refractivity contribution in [2.45, 2.75) is 0 Å². The highest BCUT2D eigenvalue weighted by Crippen LogP contribution is 2.26. The summed E-state index contributed by atoms with van der Waals surface area (Å²) in [6.07, 6.45) is 26.3. The molecule has 10 heteroatoms. The van der Waals surface area contributed by atoms with Gasteiger partial charge in [0.25, 0.3) is 0 Å². The first kappa shape index (κ1) is 60.7. The average molecular weight is 1100 g/mol. The Balaban J connectivity index is 0.000000170. The van der Waals surface area contributed by atoms with Crippen LogP contribution in [0.2, 0.25) is 0 Å². The number of hydrogen-bond donors (Lipinski definition) is 0. The number of hydrogen-bond acceptors (Lipinski definition) is 10. The van der Waals surface area contributed by atoms with Crippen molar-refractivity contribution in [2.75, 3.05) is 0 Å². The second-order valence-electron chi connectivity index (χ2n) is 17.0. The number of nitrogens with zero attached hydrogens (tertiary/aromatic N) is 5. The molecule has 10 nitrogen and oxygen atoms in total. The molecule has 0 fully saturated rings. The third kappa shape index (κ3) is 20.6. The normalized spacial score (nSPS) is 9.06. The van der Waals surface area contributed by atoms with Crippen molar-refractivity contribution in [3.63, 3.8) is 0 Å². The van der Waals surface area contributed by atoms with Gasteiger partial charge < -0.3 is 23.7 Å². The number of terminal acetylenes is 5. The molecule has 0 saturated heterocycles. The van der Waals surface area contributed by atoms with Crippen molar-refractivity contribution in [3.8, 4) is 150 Å². The Labute approximate surface area is 495 Å². The van der Waals surface area contributed by atoms with E-state index in [4.69, 9.17) is 82.1 Å². The molecule has 0 saturated carbocycles. The van der Waals surface area contributed by atoms with Crippen LogP contribution in [0.1, 0.15) is 55.6 Å². The molecule has 0 amide bonds. The summed E-state index contributed by atoms with van der Waals surface area (Å²) >= 11 is 0. The second kappa shape index (κ2) is 33.0. The van der Waals surface area contributed by atoms with Crippen LogP contribution in [0.4, 0.5) is 0 Å². The predicted molar refractivity (Wildman–Crippen MR) is 328 cm³/mol. The molecule has 0 aromatic heterocycles. The first-order chi connectivity index (χ1) is 41.6. The molecular formula is C75H45N5O5. The predicted octanol–water partition coefficient (Wildman–Crippen LogP) is 16.7. The molecule has 0 spiro atoms. The third-order valence-electron chi connectivity index (χ3n) is 11.2. The zero-order valence-electron chi connectivity index (χ0n) is 45.3. The van der Waals surface area contributed by atoms with Gasteiger partial charge in [0, 0.05) is 27.8 Å². The fraction of sp³-hybridized carbons (Fsp3) is 0. The maximum atomic E-state index is 8.67. The highest BCUT2D eigenvalue weighted by Gasteiger charge is 2.03. The summed E-state index contributed by atoms with van der Waals surface area (Å²) in [5.41, 5.74) is 7.14. The lowest BCUT2D eigenvalue weighted by atomic mass is 10.2. The van der Waals surface area contributed by atoms with Gasteiger partial charge in [-0.3, -0.25) is 0 Å². The molecule has 85 heavy (non-hydrogen) atoms. The standard InChI is InChI=1S/5C15H9NO/c5*1-2-12-3-7-14(8-4-12)17-15-9-5-13(11-16)6-10-15/h5*1,3-10H. The van der Waals surface area contributed by atoms with Crippen LogP contribution < -0.4 is 23.7 Å². The van der Waals surface area contributed by atoms with Gasteiger partial charge in [0.2, 0.25) is 0 Å². The van der Waals surface area contributed by atoms with Gasteiger partial charge >= 0.3 is 0 Å². The number of ether oxygens (including phenoxy) is 5. The minimum absolute atomic E-state index is 0.611. The highest BCUT2D eigenvalue weighted by molar-refractivity contribution is 5.46. The lowest BCUT2D eigenvalue weighted by Gasteiger charge is -2.05. The van der Waals surface area contributed by atoms with E-state index < -0.39 is 0 Å². The lowest BCUT2D eigenvalue weighted by molar-refractivity contribution is 0.482. The van der Waals surface area contributed by atoms with Gasteiger partial charge in [0.05, 0.1) is 58.2 Å². The van der Waals surface area contributed by atoms with Crippen molar-refractivity contribution in [1.82, 2.24) is 0 Å². The van der Waals surface area contributed by atoms with Crippen LogP contribution in [0.15, 0.2) is 243 Å². The molecule has 0 heterocycles. The third-order valence-corrected chi connectivity index (χ3v) is 11.2. The minimum Gasteiger partial charge on any atom is -0.457 e. The van der Waals surface area contributed by atoms with Crippen LogP contribution >= 0.6 is 0 Å². The molecular weight excluding hydrogens is 1050 g/mol. The van der Waals surface area contributed by atoms with Crippen LogP contribution in [0, 0.1) is 118 Å². The molecule has 0 aliphatic heterocycles. The average Bonchev–Trinajstić information content (AvgIpc) is 3.66. The Morgan fingerprint density at radius 3 is 0.341 bits per heavy atom. The van der Waals surface area contributed by atoms with E-state index in [-0.39, 0.29) is 0 Å². The van der Waals surface area contributed by atoms with E-state index in [1.807, 2.05) is 121 Å². The number of nitriles is 5. The molecule has 0 aliphatic rings. The Morgan fingerprint density at radius 1 is 0.165 bits per heavy atom. The molecule has 10 rings (SSSR count). The van der Waals surface area contributed by atoms with Crippen molar-refractivity contribution in [2.24, 2.45) is 0 Å². The zero-order valence-corrected chi connectivity index (χ0v) is 45.3. The van der Waals surface area contributed by atoms with Gasteiger partial charge in [-0.1, -0.05) is 29.6 Å². The summed E-state index contributed by atoms with van der Waals surface area (Å²) in [5, 5.41) is 43.3. The van der Waals surface area contributed by atoms with Gasteiger partial charge in [-0.25, -0.2) is 0 Å². The van der Waals surface area contributed by atoms with Gasteiger partial charge in [-0.15, -0.1) is 32.1 Å². The molecule has 400 valence electrons. The first-order valence-electron chi connectivity index (χ1n) is 25.3. The molecule has 10 aromatic carbocycles. The summed E-state index contributed by atoms with van der Waals surface area (Å²) in [4.78, 5) is 0. The molecule has 0 aliphatic carbocycles. The van der Waals surface area contributed by atoms with E-state index >= 15 is 0 Å². The van der Waals surface area contributed by atoms with Gasteiger partial charge in [-0.2, -0.15) is 26.3 Å². The van der Waals surface area contributed by atoms with E-state index in [9.17, 15) is 0 Å². The van der Waals surface area contributed by atoms with E-state index in [1.165, 1.54) is 0 Å². The smallest absolute Gasteiger partial charge is 0.127 e. The molecule has 0 bridgehead atoms. The highest BCUT2D eigenvalue weighted by atomic mass is 16.5. The van der Waals surface area contributed by atoms with Crippen molar-refractivity contribution in [3.05, 3.63) is 298 Å². The molecule has 0 atom stereocenters. The van der Waals surface area contributed by atoms with E-state index in [1.54, 1.807) is 121 Å². The zero-order chi connectivity index (χ0) is 60.4. The van der Waals surface area contributed by atoms with Crippen LogP contribution in [0.5, 0.6) is 57.5 Å². The maximum absolute atomic E-state index is 8.67. The van der Waals surface area contributed by atoms with Crippen LogP contribution in [-0.4, -0.2) is 0 Å². The van der Waals surface area contributed by atoms with Crippen molar-refractivity contribution < 1.29 is 23.7 Å². The quantitative estimate of drug-likeness (QED) is 0.120. The van der Waals surface area contributed by atoms with Crippen LogP contribution in [0.3, 0.4) is 0 Å². The number of rotatable bonds is 10. The Bertz CT molecular complexity index is 3290. The van der Waals surface area contributed by atoms with Gasteiger partial charge in [0.15, 0.2) is 0 Å². The van der Waals surface area contributed by atoms with E-state index in [0.29, 0.717) is 85.3 Å². The van der Waals surface area contributed by atoms with Gasteiger partial charge in [-0.05, 0) is 243 Å². The van der Waals surface area contributed by atoms with Crippen molar-refractivity contribution >= 4 is 0 Å². The summed E-state index contributed by atoms with van der Waals surface area (Å²) < 4.78 is 28.0. The summed E-state index contributed by atoms with van der Waals surface area (Å²) in [6.45, 7) is 0. The van der Waals surface area contributed by atoms with Crippen LogP contribution in [0.25, 0.3) is 0 Å². The number of benzene rings is 10. The first-order valence-corrected chi connectivity index (χ1v) is 25.3. The maximum Gasteiger partial charge on any atom is 0.127 e.